The van der Waals surface area contributed by atoms with Gasteiger partial charge in [0.25, 0.3) is 0 Å². The third kappa shape index (κ3) is 4.35. The van der Waals surface area contributed by atoms with Crippen molar-refractivity contribution in [2.24, 2.45) is 62.6 Å². The number of aliphatic hydroxyl groups is 1. The van der Waals surface area contributed by atoms with Gasteiger partial charge in [0.2, 0.25) is 0 Å². The minimum atomic E-state index is -0.286. The summed E-state index contributed by atoms with van der Waals surface area (Å²) < 4.78 is 11.7. The summed E-state index contributed by atoms with van der Waals surface area (Å²) in [6, 6.07) is 0. The average Bonchev–Trinajstić information content (AvgIpc) is 3.33. The SMILES string of the molecule is CC(C)[C@@H]1CC[C@]2(C(=O)OCCN3CCOCC3)CC[C@]3(C)[C@H](CC[C@@H]4[C@@]5(C)CC[C@H](O)C(C)(C)[C@@H]5CC[C@]43C)[C@@H]12. The molecule has 1 saturated heterocycles. The van der Waals surface area contributed by atoms with Gasteiger partial charge in [0.1, 0.15) is 6.61 Å². The molecule has 0 spiro atoms. The van der Waals surface area contributed by atoms with Crippen molar-refractivity contribution in [1.82, 2.24) is 4.90 Å². The summed E-state index contributed by atoms with van der Waals surface area (Å²) in [6.07, 6.45) is 11.4. The molecule has 5 heteroatoms. The predicted octanol–water partition coefficient (Wildman–Crippen LogP) is 6.96. The zero-order chi connectivity index (χ0) is 29.4. The molecule has 0 aromatic heterocycles. The number of nitrogens with zero attached hydrogens (tertiary/aromatic N) is 1. The van der Waals surface area contributed by atoms with Crippen LogP contribution < -0.4 is 0 Å². The lowest BCUT2D eigenvalue weighted by Gasteiger charge is -2.72. The lowest BCUT2D eigenvalue weighted by molar-refractivity contribution is -0.250. The van der Waals surface area contributed by atoms with Crippen molar-refractivity contribution in [3.05, 3.63) is 0 Å². The van der Waals surface area contributed by atoms with Gasteiger partial charge in [-0.3, -0.25) is 9.69 Å². The fraction of sp³-hybridized carbons (Fsp3) is 0.972. The first kappa shape index (κ1) is 30.4. The van der Waals surface area contributed by atoms with E-state index < -0.39 is 0 Å². The minimum absolute atomic E-state index is 0.00697. The molecule has 1 aliphatic heterocycles. The van der Waals surface area contributed by atoms with E-state index in [0.29, 0.717) is 47.5 Å². The molecule has 1 heterocycles. The molecule has 0 amide bonds. The summed E-state index contributed by atoms with van der Waals surface area (Å²) in [5, 5.41) is 11.0. The Morgan fingerprint density at radius 3 is 2.32 bits per heavy atom. The number of rotatable bonds is 5. The molecule has 6 aliphatic rings. The van der Waals surface area contributed by atoms with Gasteiger partial charge < -0.3 is 14.6 Å². The number of ether oxygens (including phenoxy) is 2. The smallest absolute Gasteiger partial charge is 0.312 e. The Bertz CT molecular complexity index is 990. The van der Waals surface area contributed by atoms with Gasteiger partial charge in [-0.1, -0.05) is 48.5 Å². The van der Waals surface area contributed by atoms with Gasteiger partial charge in [0.15, 0.2) is 0 Å². The van der Waals surface area contributed by atoms with Crippen LogP contribution in [0.25, 0.3) is 0 Å². The summed E-state index contributed by atoms with van der Waals surface area (Å²) in [6.45, 7) is 22.3. The van der Waals surface area contributed by atoms with Gasteiger partial charge in [-0.2, -0.15) is 0 Å². The summed E-state index contributed by atoms with van der Waals surface area (Å²) >= 11 is 0. The monoisotopic (exact) mass is 571 g/mol. The van der Waals surface area contributed by atoms with Crippen LogP contribution in [0.5, 0.6) is 0 Å². The van der Waals surface area contributed by atoms with Crippen molar-refractivity contribution < 1.29 is 19.4 Å². The second-order valence-electron chi connectivity index (χ2n) is 17.3. The predicted molar refractivity (Wildman–Crippen MR) is 163 cm³/mol. The highest BCUT2D eigenvalue weighted by Crippen LogP contribution is 2.77. The van der Waals surface area contributed by atoms with E-state index in [4.69, 9.17) is 9.47 Å². The zero-order valence-corrected chi connectivity index (χ0v) is 27.5. The van der Waals surface area contributed by atoms with E-state index in [-0.39, 0.29) is 33.7 Å². The Kier molecular flexibility index (Phi) is 7.76. The molecule has 10 atom stereocenters. The van der Waals surface area contributed by atoms with Crippen molar-refractivity contribution in [2.45, 2.75) is 119 Å². The highest BCUT2D eigenvalue weighted by atomic mass is 16.5. The highest BCUT2D eigenvalue weighted by Gasteiger charge is 2.72. The fourth-order valence-corrected chi connectivity index (χ4v) is 13.0. The number of carbonyl (C=O) groups is 1. The van der Waals surface area contributed by atoms with E-state index in [1.807, 2.05) is 0 Å². The molecule has 0 aromatic carbocycles. The van der Waals surface area contributed by atoms with Crippen LogP contribution in [0.1, 0.15) is 113 Å². The fourth-order valence-electron chi connectivity index (χ4n) is 13.0. The van der Waals surface area contributed by atoms with Crippen LogP contribution in [0.3, 0.4) is 0 Å². The molecule has 0 bridgehead atoms. The number of hydrogen-bond acceptors (Lipinski definition) is 5. The molecular weight excluding hydrogens is 510 g/mol. The van der Waals surface area contributed by atoms with Gasteiger partial charge in [0, 0.05) is 19.6 Å². The number of esters is 1. The summed E-state index contributed by atoms with van der Waals surface area (Å²) in [4.78, 5) is 16.6. The van der Waals surface area contributed by atoms with Gasteiger partial charge in [-0.25, -0.2) is 0 Å². The maximum Gasteiger partial charge on any atom is 0.312 e. The highest BCUT2D eigenvalue weighted by molar-refractivity contribution is 5.78. The standard InChI is InChI=1S/C36H61NO4/c1-24(2)25-10-15-36(31(39)41-23-20-37-18-21-40-22-19-37)17-16-34(6)26(30(25)36)8-9-28-33(5)13-12-29(38)32(3,4)27(33)11-14-35(28,34)7/h24-30,38H,8-23H2,1-7H3/t25-,26+,27-,28+,29-,30+,33-,34+,35+,36-/m0/s1. The molecule has 41 heavy (non-hydrogen) atoms. The second-order valence-corrected chi connectivity index (χ2v) is 17.3. The van der Waals surface area contributed by atoms with Crippen LogP contribution in [-0.2, 0) is 14.3 Å². The number of morpholine rings is 1. The Balaban J connectivity index is 1.27. The average molecular weight is 572 g/mol. The number of aliphatic hydroxyl groups excluding tert-OH is 1. The van der Waals surface area contributed by atoms with Crippen LogP contribution in [0.15, 0.2) is 0 Å². The van der Waals surface area contributed by atoms with E-state index in [1.54, 1.807) is 0 Å². The van der Waals surface area contributed by atoms with E-state index in [2.05, 4.69) is 53.4 Å². The lowest BCUT2D eigenvalue weighted by Crippen LogP contribution is -2.67. The van der Waals surface area contributed by atoms with E-state index >= 15 is 0 Å². The quantitative estimate of drug-likeness (QED) is 0.362. The largest absolute Gasteiger partial charge is 0.464 e. The molecule has 1 N–H and O–H groups in total. The molecule has 6 rings (SSSR count). The van der Waals surface area contributed by atoms with Crippen LogP contribution in [-0.4, -0.2) is 61.5 Å². The zero-order valence-electron chi connectivity index (χ0n) is 27.5. The van der Waals surface area contributed by atoms with Crippen LogP contribution >= 0.6 is 0 Å². The number of fused-ring (bicyclic) bond motifs is 7. The maximum atomic E-state index is 14.2. The lowest BCUT2D eigenvalue weighted by atomic mass is 9.32. The third-order valence-corrected chi connectivity index (χ3v) is 15.5. The molecule has 6 fully saturated rings. The molecule has 0 aromatic rings. The Hall–Kier alpha value is -0.650. The first-order valence-corrected chi connectivity index (χ1v) is 17.5. The van der Waals surface area contributed by atoms with Crippen molar-refractivity contribution in [2.75, 3.05) is 39.5 Å². The van der Waals surface area contributed by atoms with Gasteiger partial charge in [0.05, 0.1) is 24.7 Å². The first-order chi connectivity index (χ1) is 19.3. The molecule has 5 nitrogen and oxygen atoms in total. The molecular formula is C36H61NO4. The number of carbonyl (C=O) groups excluding carboxylic acids is 1. The second kappa shape index (κ2) is 10.5. The Morgan fingerprint density at radius 1 is 0.878 bits per heavy atom. The Labute approximate surface area is 250 Å². The molecule has 0 radical (unpaired) electrons. The topological polar surface area (TPSA) is 59.0 Å². The summed E-state index contributed by atoms with van der Waals surface area (Å²) in [5.41, 5.74) is 0.544. The Morgan fingerprint density at radius 2 is 1.61 bits per heavy atom. The van der Waals surface area contributed by atoms with Crippen LogP contribution in [0, 0.1) is 62.6 Å². The van der Waals surface area contributed by atoms with Crippen LogP contribution in [0.2, 0.25) is 0 Å². The molecule has 5 aliphatic carbocycles. The number of hydrogen-bond donors (Lipinski definition) is 1. The van der Waals surface area contributed by atoms with Crippen LogP contribution in [0.4, 0.5) is 0 Å². The molecule has 234 valence electrons. The summed E-state index contributed by atoms with van der Waals surface area (Å²) in [7, 11) is 0. The van der Waals surface area contributed by atoms with E-state index in [9.17, 15) is 9.90 Å². The third-order valence-electron chi connectivity index (χ3n) is 15.5. The van der Waals surface area contributed by atoms with Gasteiger partial charge >= 0.3 is 5.97 Å². The minimum Gasteiger partial charge on any atom is -0.464 e. The van der Waals surface area contributed by atoms with Crippen molar-refractivity contribution in [1.29, 1.82) is 0 Å². The first-order valence-electron chi connectivity index (χ1n) is 17.5. The van der Waals surface area contributed by atoms with Gasteiger partial charge in [-0.15, -0.1) is 0 Å². The molecule has 5 saturated carbocycles. The van der Waals surface area contributed by atoms with Crippen molar-refractivity contribution in [3.63, 3.8) is 0 Å². The maximum absolute atomic E-state index is 14.2. The normalized spacial score (nSPS) is 49.5. The van der Waals surface area contributed by atoms with Gasteiger partial charge in [-0.05, 0) is 121 Å². The van der Waals surface area contributed by atoms with Crippen molar-refractivity contribution in [3.8, 4) is 0 Å². The van der Waals surface area contributed by atoms with Crippen molar-refractivity contribution >= 4 is 5.97 Å². The van der Waals surface area contributed by atoms with E-state index in [0.717, 1.165) is 58.5 Å². The van der Waals surface area contributed by atoms with E-state index in [1.165, 1.54) is 38.5 Å². The summed E-state index contributed by atoms with van der Waals surface area (Å²) in [5.74, 6) is 3.69. The molecule has 0 unspecified atom stereocenters.